The SMILES string of the molecule is CCCCn1nc(C)c(/C=C/C(=O)Nc2ccc(S(=O)(=O)/N=C3\CCCN3C)cc2)c1Cl. The van der Waals surface area contributed by atoms with Crippen molar-refractivity contribution < 1.29 is 13.2 Å². The summed E-state index contributed by atoms with van der Waals surface area (Å²) >= 11 is 6.39. The van der Waals surface area contributed by atoms with E-state index in [9.17, 15) is 13.2 Å². The number of halogens is 1. The summed E-state index contributed by atoms with van der Waals surface area (Å²) in [4.78, 5) is 14.3. The summed E-state index contributed by atoms with van der Waals surface area (Å²) in [6.45, 7) is 5.47. The molecular weight excluding hydrogens is 450 g/mol. The van der Waals surface area contributed by atoms with Crippen LogP contribution in [0.25, 0.3) is 6.08 Å². The molecular formula is C22H28ClN5O3S. The van der Waals surface area contributed by atoms with Crippen molar-refractivity contribution in [3.05, 3.63) is 46.8 Å². The number of likely N-dealkylation sites (tertiary alicyclic amines) is 1. The Labute approximate surface area is 194 Å². The maximum Gasteiger partial charge on any atom is 0.283 e. The number of unbranched alkanes of at least 4 members (excludes halogenated alkanes) is 1. The van der Waals surface area contributed by atoms with E-state index >= 15 is 0 Å². The zero-order valence-corrected chi connectivity index (χ0v) is 20.1. The maximum absolute atomic E-state index is 12.5. The lowest BCUT2D eigenvalue weighted by Crippen LogP contribution is -2.20. The summed E-state index contributed by atoms with van der Waals surface area (Å²) < 4.78 is 30.7. The molecule has 1 amide bonds. The predicted molar refractivity (Wildman–Crippen MR) is 127 cm³/mol. The summed E-state index contributed by atoms with van der Waals surface area (Å²) in [5.41, 5.74) is 1.93. The van der Waals surface area contributed by atoms with Crippen molar-refractivity contribution in [3.63, 3.8) is 0 Å². The molecule has 8 nitrogen and oxygen atoms in total. The van der Waals surface area contributed by atoms with Gasteiger partial charge in [0.25, 0.3) is 10.0 Å². The van der Waals surface area contributed by atoms with Crippen LogP contribution in [0.3, 0.4) is 0 Å². The number of carbonyl (C=O) groups is 1. The van der Waals surface area contributed by atoms with Gasteiger partial charge in [-0.15, -0.1) is 4.40 Å². The van der Waals surface area contributed by atoms with Crippen LogP contribution in [0.2, 0.25) is 5.15 Å². The summed E-state index contributed by atoms with van der Waals surface area (Å²) in [7, 11) is -1.95. The molecule has 0 radical (unpaired) electrons. The number of benzene rings is 1. The number of nitrogens with one attached hydrogen (secondary N) is 1. The maximum atomic E-state index is 12.5. The molecule has 2 heterocycles. The Morgan fingerprint density at radius 3 is 2.66 bits per heavy atom. The first kappa shape index (κ1) is 24.0. The number of aryl methyl sites for hydroxylation is 2. The Bertz CT molecular complexity index is 1140. The van der Waals surface area contributed by atoms with E-state index in [0.717, 1.165) is 38.0 Å². The van der Waals surface area contributed by atoms with Gasteiger partial charge in [-0.3, -0.25) is 9.48 Å². The van der Waals surface area contributed by atoms with Crippen molar-refractivity contribution in [3.8, 4) is 0 Å². The molecule has 3 rings (SSSR count). The highest BCUT2D eigenvalue weighted by atomic mass is 35.5. The number of sulfonamides is 1. The van der Waals surface area contributed by atoms with Gasteiger partial charge in [-0.2, -0.15) is 13.5 Å². The Kier molecular flexibility index (Phi) is 7.73. The molecule has 0 spiro atoms. The number of hydrogen-bond acceptors (Lipinski definition) is 4. The van der Waals surface area contributed by atoms with E-state index in [1.54, 1.807) is 10.8 Å². The van der Waals surface area contributed by atoms with Gasteiger partial charge < -0.3 is 10.2 Å². The fourth-order valence-electron chi connectivity index (χ4n) is 3.37. The summed E-state index contributed by atoms with van der Waals surface area (Å²) in [6.07, 6.45) is 6.57. The number of anilines is 1. The lowest BCUT2D eigenvalue weighted by atomic mass is 10.2. The number of hydrogen-bond donors (Lipinski definition) is 1. The van der Waals surface area contributed by atoms with E-state index in [1.165, 1.54) is 30.3 Å². The number of nitrogens with zero attached hydrogens (tertiary/aromatic N) is 4. The third-order valence-electron chi connectivity index (χ3n) is 5.21. The summed E-state index contributed by atoms with van der Waals surface area (Å²) in [5, 5.41) is 7.63. The minimum atomic E-state index is -3.79. The molecule has 1 aromatic heterocycles. The third kappa shape index (κ3) is 5.77. The van der Waals surface area contributed by atoms with Crippen molar-refractivity contribution in [2.75, 3.05) is 18.9 Å². The molecule has 1 aromatic carbocycles. The number of carbonyl (C=O) groups excluding carboxylic acids is 1. The second-order valence-corrected chi connectivity index (χ2v) is 9.68. The van der Waals surface area contributed by atoms with Gasteiger partial charge in [0.05, 0.1) is 10.6 Å². The van der Waals surface area contributed by atoms with Gasteiger partial charge in [0.15, 0.2) is 0 Å². The Morgan fingerprint density at radius 1 is 1.31 bits per heavy atom. The van der Waals surface area contributed by atoms with Crippen molar-refractivity contribution in [2.45, 2.75) is 51.0 Å². The molecule has 1 fully saturated rings. The standard InChI is InChI=1S/C22H28ClN5O3S/c1-4-5-15-28-22(23)19(16(2)25-28)12-13-21(29)24-17-8-10-18(11-9-17)32(30,31)26-20-7-6-14-27(20)3/h8-13H,4-7,14-15H2,1-3H3,(H,24,29)/b13-12+,26-20+. The van der Waals surface area contributed by atoms with E-state index in [-0.39, 0.29) is 10.8 Å². The molecule has 2 aromatic rings. The molecule has 10 heteroatoms. The average molecular weight is 478 g/mol. The molecule has 0 bridgehead atoms. The average Bonchev–Trinajstić information content (AvgIpc) is 3.26. The monoisotopic (exact) mass is 477 g/mol. The molecule has 0 aliphatic carbocycles. The Balaban J connectivity index is 1.66. The van der Waals surface area contributed by atoms with Gasteiger partial charge in [-0.05, 0) is 50.1 Å². The minimum Gasteiger partial charge on any atom is -0.362 e. The van der Waals surface area contributed by atoms with E-state index in [4.69, 9.17) is 11.6 Å². The third-order valence-corrected chi connectivity index (χ3v) is 6.93. The fourth-order valence-corrected chi connectivity index (χ4v) is 4.78. The highest BCUT2D eigenvalue weighted by molar-refractivity contribution is 7.90. The van der Waals surface area contributed by atoms with Crippen LogP contribution < -0.4 is 5.32 Å². The van der Waals surface area contributed by atoms with Crippen LogP contribution >= 0.6 is 11.6 Å². The second-order valence-electron chi connectivity index (χ2n) is 7.72. The Hall–Kier alpha value is -2.65. The van der Waals surface area contributed by atoms with Crippen LogP contribution in [0.5, 0.6) is 0 Å². The first-order valence-electron chi connectivity index (χ1n) is 10.6. The molecule has 1 aliphatic heterocycles. The topological polar surface area (TPSA) is 96.7 Å². The molecule has 1 N–H and O–H groups in total. The molecule has 172 valence electrons. The van der Waals surface area contributed by atoms with Crippen molar-refractivity contribution in [2.24, 2.45) is 4.40 Å². The zero-order chi connectivity index (χ0) is 23.3. The quantitative estimate of drug-likeness (QED) is 0.577. The van der Waals surface area contributed by atoms with E-state index in [0.29, 0.717) is 28.7 Å². The first-order valence-corrected chi connectivity index (χ1v) is 12.4. The van der Waals surface area contributed by atoms with E-state index in [2.05, 4.69) is 21.7 Å². The number of amidine groups is 1. The molecule has 0 atom stereocenters. The van der Waals surface area contributed by atoms with Gasteiger partial charge in [-0.25, -0.2) is 0 Å². The number of rotatable bonds is 8. The lowest BCUT2D eigenvalue weighted by molar-refractivity contribution is -0.111. The minimum absolute atomic E-state index is 0.0840. The van der Waals surface area contributed by atoms with Gasteiger partial charge in [0, 0.05) is 43.9 Å². The lowest BCUT2D eigenvalue weighted by Gasteiger charge is -2.11. The van der Waals surface area contributed by atoms with Gasteiger partial charge in [0.2, 0.25) is 5.91 Å². The van der Waals surface area contributed by atoms with Gasteiger partial charge in [-0.1, -0.05) is 24.9 Å². The van der Waals surface area contributed by atoms with Gasteiger partial charge in [0.1, 0.15) is 11.0 Å². The highest BCUT2D eigenvalue weighted by Gasteiger charge is 2.20. The summed E-state index contributed by atoms with van der Waals surface area (Å²) in [6, 6.07) is 5.95. The highest BCUT2D eigenvalue weighted by Crippen LogP contribution is 2.22. The molecule has 0 saturated carbocycles. The van der Waals surface area contributed by atoms with Crippen molar-refractivity contribution in [1.82, 2.24) is 14.7 Å². The normalized spacial score (nSPS) is 15.8. The predicted octanol–water partition coefficient (Wildman–Crippen LogP) is 4.11. The van der Waals surface area contributed by atoms with Crippen LogP contribution in [-0.2, 0) is 21.4 Å². The molecule has 1 saturated heterocycles. The van der Waals surface area contributed by atoms with Crippen LogP contribution in [0.15, 0.2) is 39.6 Å². The van der Waals surface area contributed by atoms with Crippen molar-refractivity contribution in [1.29, 1.82) is 0 Å². The van der Waals surface area contributed by atoms with E-state index < -0.39 is 10.0 Å². The van der Waals surface area contributed by atoms with Crippen LogP contribution in [0, 0.1) is 6.92 Å². The first-order chi connectivity index (χ1) is 15.2. The molecule has 32 heavy (non-hydrogen) atoms. The molecule has 1 aliphatic rings. The van der Waals surface area contributed by atoms with Gasteiger partial charge >= 0.3 is 0 Å². The Morgan fingerprint density at radius 2 is 2.03 bits per heavy atom. The van der Waals surface area contributed by atoms with E-state index in [1.807, 2.05) is 18.9 Å². The van der Waals surface area contributed by atoms with Crippen LogP contribution in [-0.4, -0.2) is 48.4 Å². The fraction of sp³-hybridized carbons (Fsp3) is 0.409. The smallest absolute Gasteiger partial charge is 0.283 e. The van der Waals surface area contributed by atoms with Crippen molar-refractivity contribution >= 4 is 45.1 Å². The second kappa shape index (κ2) is 10.3. The number of aromatic nitrogens is 2. The van der Waals surface area contributed by atoms with Crippen LogP contribution in [0.4, 0.5) is 5.69 Å². The summed E-state index contributed by atoms with van der Waals surface area (Å²) in [5.74, 6) is 0.213. The van der Waals surface area contributed by atoms with Crippen LogP contribution in [0.1, 0.15) is 43.9 Å². The molecule has 0 unspecified atom stereocenters. The number of amides is 1. The largest absolute Gasteiger partial charge is 0.362 e. The zero-order valence-electron chi connectivity index (χ0n) is 18.5.